The Labute approximate surface area is 133 Å². The topological polar surface area (TPSA) is 72.2 Å². The number of primary amides is 1. The van der Waals surface area contributed by atoms with Crippen LogP contribution in [0.25, 0.3) is 0 Å². The van der Waals surface area contributed by atoms with Crippen molar-refractivity contribution in [1.29, 1.82) is 0 Å². The first-order chi connectivity index (χ1) is 10.6. The minimum atomic E-state index is -0.506. The summed E-state index contributed by atoms with van der Waals surface area (Å²) >= 11 is 1.25. The number of carbonyl (C=O) groups is 2. The lowest BCUT2D eigenvalue weighted by molar-refractivity contribution is 0.0902. The molecule has 1 aromatic heterocycles. The molecule has 1 fully saturated rings. The summed E-state index contributed by atoms with van der Waals surface area (Å²) in [5, 5.41) is 4.82. The Hall–Kier alpha value is -2.14. The SMILES string of the molecule is NC(=O)c1csc(C(=O)NC2(c3ccccc3)CCCC2)c1. The normalized spacial score (nSPS) is 16.4. The molecule has 5 heteroatoms. The highest BCUT2D eigenvalue weighted by Crippen LogP contribution is 2.39. The Morgan fingerprint density at radius 3 is 2.41 bits per heavy atom. The summed E-state index contributed by atoms with van der Waals surface area (Å²) in [6.45, 7) is 0. The van der Waals surface area contributed by atoms with Gasteiger partial charge in [0.25, 0.3) is 5.91 Å². The summed E-state index contributed by atoms with van der Waals surface area (Å²) in [5.41, 5.74) is 6.48. The maximum absolute atomic E-state index is 12.6. The molecule has 0 aliphatic heterocycles. The van der Waals surface area contributed by atoms with Gasteiger partial charge in [-0.15, -0.1) is 11.3 Å². The zero-order valence-electron chi connectivity index (χ0n) is 12.2. The summed E-state index contributed by atoms with van der Waals surface area (Å²) in [7, 11) is 0. The van der Waals surface area contributed by atoms with Gasteiger partial charge >= 0.3 is 0 Å². The smallest absolute Gasteiger partial charge is 0.262 e. The molecule has 0 atom stereocenters. The van der Waals surface area contributed by atoms with Crippen molar-refractivity contribution < 1.29 is 9.59 Å². The largest absolute Gasteiger partial charge is 0.366 e. The van der Waals surface area contributed by atoms with Gasteiger partial charge in [0, 0.05) is 5.38 Å². The quantitative estimate of drug-likeness (QED) is 0.910. The van der Waals surface area contributed by atoms with Gasteiger partial charge in [-0.25, -0.2) is 0 Å². The van der Waals surface area contributed by atoms with Gasteiger partial charge in [-0.05, 0) is 24.5 Å². The molecule has 1 saturated carbocycles. The van der Waals surface area contributed by atoms with Crippen molar-refractivity contribution in [1.82, 2.24) is 5.32 Å². The van der Waals surface area contributed by atoms with E-state index in [0.29, 0.717) is 10.4 Å². The van der Waals surface area contributed by atoms with Crippen molar-refractivity contribution in [3.05, 3.63) is 57.8 Å². The molecule has 3 N–H and O–H groups in total. The van der Waals surface area contributed by atoms with Crippen molar-refractivity contribution in [2.75, 3.05) is 0 Å². The maximum Gasteiger partial charge on any atom is 0.262 e. The second kappa shape index (κ2) is 5.93. The highest BCUT2D eigenvalue weighted by atomic mass is 32.1. The van der Waals surface area contributed by atoms with Crippen LogP contribution in [0.4, 0.5) is 0 Å². The van der Waals surface area contributed by atoms with E-state index in [2.05, 4.69) is 17.4 Å². The third-order valence-electron chi connectivity index (χ3n) is 4.24. The summed E-state index contributed by atoms with van der Waals surface area (Å²) < 4.78 is 0. The van der Waals surface area contributed by atoms with Gasteiger partial charge in [-0.2, -0.15) is 0 Å². The highest BCUT2D eigenvalue weighted by Gasteiger charge is 2.37. The Kier molecular flexibility index (Phi) is 3.98. The number of benzene rings is 1. The van der Waals surface area contributed by atoms with E-state index in [1.807, 2.05) is 18.2 Å². The van der Waals surface area contributed by atoms with E-state index in [1.165, 1.54) is 11.3 Å². The van der Waals surface area contributed by atoms with Gasteiger partial charge in [-0.3, -0.25) is 9.59 Å². The van der Waals surface area contributed by atoms with E-state index in [4.69, 9.17) is 5.73 Å². The van der Waals surface area contributed by atoms with Crippen LogP contribution in [0.3, 0.4) is 0 Å². The Morgan fingerprint density at radius 1 is 1.14 bits per heavy atom. The summed E-state index contributed by atoms with van der Waals surface area (Å²) in [6.07, 6.45) is 4.09. The molecule has 3 rings (SSSR count). The van der Waals surface area contributed by atoms with Crippen molar-refractivity contribution in [2.45, 2.75) is 31.2 Å². The van der Waals surface area contributed by atoms with Crippen molar-refractivity contribution >= 4 is 23.2 Å². The van der Waals surface area contributed by atoms with Gasteiger partial charge in [0.1, 0.15) is 0 Å². The third-order valence-corrected chi connectivity index (χ3v) is 5.17. The molecule has 22 heavy (non-hydrogen) atoms. The number of nitrogens with two attached hydrogens (primary N) is 1. The lowest BCUT2D eigenvalue weighted by Gasteiger charge is -2.31. The van der Waals surface area contributed by atoms with Gasteiger partial charge in [0.05, 0.1) is 16.0 Å². The summed E-state index contributed by atoms with van der Waals surface area (Å²) in [5.74, 6) is -0.641. The van der Waals surface area contributed by atoms with Crippen molar-refractivity contribution in [3.63, 3.8) is 0 Å². The van der Waals surface area contributed by atoms with Gasteiger partial charge in [-0.1, -0.05) is 43.2 Å². The van der Waals surface area contributed by atoms with Crippen LogP contribution in [0.1, 0.15) is 51.3 Å². The molecule has 1 aliphatic carbocycles. The van der Waals surface area contributed by atoms with Crippen LogP contribution < -0.4 is 11.1 Å². The fourth-order valence-corrected chi connectivity index (χ4v) is 3.88. The molecule has 114 valence electrons. The number of rotatable bonds is 4. The monoisotopic (exact) mass is 314 g/mol. The van der Waals surface area contributed by atoms with Gasteiger partial charge in [0.2, 0.25) is 5.91 Å². The first-order valence-corrected chi connectivity index (χ1v) is 8.25. The average molecular weight is 314 g/mol. The molecule has 2 aromatic rings. The number of amides is 2. The fourth-order valence-electron chi connectivity index (χ4n) is 3.09. The molecule has 2 amide bonds. The Bertz CT molecular complexity index is 688. The average Bonchev–Trinajstić information content (AvgIpc) is 3.18. The minimum Gasteiger partial charge on any atom is -0.366 e. The third kappa shape index (κ3) is 2.76. The molecular weight excluding hydrogens is 296 g/mol. The molecular formula is C17H18N2O2S. The molecule has 0 saturated heterocycles. The number of thiophene rings is 1. The summed E-state index contributed by atoms with van der Waals surface area (Å²) in [6, 6.07) is 11.7. The highest BCUT2D eigenvalue weighted by molar-refractivity contribution is 7.12. The lowest BCUT2D eigenvalue weighted by Crippen LogP contribution is -2.43. The number of carbonyl (C=O) groups excluding carboxylic acids is 2. The zero-order chi connectivity index (χ0) is 15.6. The number of nitrogens with one attached hydrogen (secondary N) is 1. The lowest BCUT2D eigenvalue weighted by atomic mass is 9.88. The molecule has 0 bridgehead atoms. The van der Waals surface area contributed by atoms with E-state index in [1.54, 1.807) is 11.4 Å². The minimum absolute atomic E-state index is 0.136. The Balaban J connectivity index is 1.85. The fraction of sp³-hybridized carbons (Fsp3) is 0.294. The van der Waals surface area contributed by atoms with E-state index in [-0.39, 0.29) is 11.4 Å². The standard InChI is InChI=1S/C17H18N2O2S/c18-15(20)12-10-14(22-11-12)16(21)19-17(8-4-5-9-17)13-6-2-1-3-7-13/h1-3,6-7,10-11H,4-5,8-9H2,(H2,18,20)(H,19,21). The number of hydrogen-bond donors (Lipinski definition) is 2. The van der Waals surface area contributed by atoms with Crippen LogP contribution in [-0.4, -0.2) is 11.8 Å². The van der Waals surface area contributed by atoms with Crippen LogP contribution in [0, 0.1) is 0 Å². The Morgan fingerprint density at radius 2 is 1.82 bits per heavy atom. The van der Waals surface area contributed by atoms with E-state index in [0.717, 1.165) is 31.2 Å². The molecule has 0 spiro atoms. The maximum atomic E-state index is 12.6. The van der Waals surface area contributed by atoms with E-state index >= 15 is 0 Å². The second-order valence-electron chi connectivity index (χ2n) is 5.67. The molecule has 4 nitrogen and oxygen atoms in total. The van der Waals surface area contributed by atoms with Crippen molar-refractivity contribution in [3.8, 4) is 0 Å². The van der Waals surface area contributed by atoms with E-state index < -0.39 is 5.91 Å². The van der Waals surface area contributed by atoms with Crippen molar-refractivity contribution in [2.24, 2.45) is 5.73 Å². The van der Waals surface area contributed by atoms with Crippen LogP contribution in [0.2, 0.25) is 0 Å². The number of hydrogen-bond acceptors (Lipinski definition) is 3. The van der Waals surface area contributed by atoms with E-state index in [9.17, 15) is 9.59 Å². The molecule has 1 heterocycles. The zero-order valence-corrected chi connectivity index (χ0v) is 13.0. The van der Waals surface area contributed by atoms with Gasteiger partial charge in [0.15, 0.2) is 0 Å². The van der Waals surface area contributed by atoms with Crippen LogP contribution in [0.5, 0.6) is 0 Å². The first kappa shape index (κ1) is 14.8. The summed E-state index contributed by atoms with van der Waals surface area (Å²) in [4.78, 5) is 24.2. The predicted octanol–water partition coefficient (Wildman–Crippen LogP) is 3.05. The van der Waals surface area contributed by atoms with Gasteiger partial charge < -0.3 is 11.1 Å². The molecule has 1 aliphatic rings. The second-order valence-corrected chi connectivity index (χ2v) is 6.58. The van der Waals surface area contributed by atoms with Crippen LogP contribution in [0.15, 0.2) is 41.8 Å². The first-order valence-electron chi connectivity index (χ1n) is 7.37. The molecule has 1 aromatic carbocycles. The van der Waals surface area contributed by atoms with Crippen LogP contribution in [-0.2, 0) is 5.54 Å². The molecule has 0 radical (unpaired) electrons. The molecule has 0 unspecified atom stereocenters. The predicted molar refractivity (Wildman–Crippen MR) is 86.9 cm³/mol. The van der Waals surface area contributed by atoms with Crippen LogP contribution >= 0.6 is 11.3 Å².